The van der Waals surface area contributed by atoms with Crippen molar-refractivity contribution in [2.75, 3.05) is 12.4 Å². The molecule has 0 unspecified atom stereocenters. The van der Waals surface area contributed by atoms with Crippen LogP contribution in [0, 0.1) is 17.6 Å². The molecule has 0 aliphatic carbocycles. The molecular weight excluding hydrogens is 326 g/mol. The Morgan fingerprint density at radius 3 is 2.64 bits per heavy atom. The number of hydrogen-bond donors (Lipinski definition) is 1. The monoisotopic (exact) mass is 344 g/mol. The molecule has 2 atom stereocenters. The molecule has 0 radical (unpaired) electrons. The minimum Gasteiger partial charge on any atom is -0.338 e. The molecule has 4 nitrogen and oxygen atoms in total. The van der Waals surface area contributed by atoms with E-state index in [4.69, 9.17) is 0 Å². The van der Waals surface area contributed by atoms with E-state index in [0.29, 0.717) is 17.7 Å². The van der Waals surface area contributed by atoms with Crippen LogP contribution in [0.5, 0.6) is 0 Å². The van der Waals surface area contributed by atoms with Gasteiger partial charge in [-0.05, 0) is 30.7 Å². The van der Waals surface area contributed by atoms with E-state index in [1.165, 1.54) is 29.2 Å². The number of carbonyl (C=O) groups is 2. The van der Waals surface area contributed by atoms with Gasteiger partial charge in [0.25, 0.3) is 0 Å². The Kier molecular flexibility index (Phi) is 4.79. The fraction of sp³-hybridized carbons (Fsp3) is 0.263. The molecule has 1 N–H and O–H groups in total. The highest BCUT2D eigenvalue weighted by atomic mass is 19.1. The van der Waals surface area contributed by atoms with Gasteiger partial charge in [0.05, 0.1) is 12.0 Å². The second-order valence-corrected chi connectivity index (χ2v) is 6.12. The molecule has 3 rings (SSSR count). The highest BCUT2D eigenvalue weighted by Gasteiger charge is 2.40. The van der Waals surface area contributed by atoms with Crippen LogP contribution in [0.2, 0.25) is 0 Å². The van der Waals surface area contributed by atoms with Gasteiger partial charge in [0.2, 0.25) is 11.8 Å². The molecule has 1 aliphatic heterocycles. The van der Waals surface area contributed by atoms with Gasteiger partial charge in [-0.2, -0.15) is 0 Å². The number of piperidine rings is 1. The third-order valence-electron chi connectivity index (χ3n) is 4.51. The number of halogens is 2. The Morgan fingerprint density at radius 1 is 1.16 bits per heavy atom. The molecule has 2 aromatic carbocycles. The number of rotatable bonds is 3. The number of benzene rings is 2. The number of carbonyl (C=O) groups excluding carboxylic acids is 2. The average molecular weight is 344 g/mol. The summed E-state index contributed by atoms with van der Waals surface area (Å²) >= 11 is 0. The number of nitrogens with one attached hydrogen (secondary N) is 1. The summed E-state index contributed by atoms with van der Waals surface area (Å²) in [5.41, 5.74) is 0.634. The van der Waals surface area contributed by atoms with E-state index < -0.39 is 23.6 Å². The van der Waals surface area contributed by atoms with E-state index in [2.05, 4.69) is 5.32 Å². The van der Waals surface area contributed by atoms with E-state index in [1.54, 1.807) is 31.3 Å². The summed E-state index contributed by atoms with van der Waals surface area (Å²) in [4.78, 5) is 26.2. The largest absolute Gasteiger partial charge is 0.338 e. The Balaban J connectivity index is 1.90. The lowest BCUT2D eigenvalue weighted by atomic mass is 9.83. The highest BCUT2D eigenvalue weighted by Crippen LogP contribution is 2.37. The zero-order valence-electron chi connectivity index (χ0n) is 13.7. The molecule has 0 aromatic heterocycles. The van der Waals surface area contributed by atoms with E-state index in [-0.39, 0.29) is 18.2 Å². The SMILES string of the molecule is CN1C(=O)CC[C@@H](C(=O)Nc2cccc(F)c2)[C@@H]1c1ccccc1F. The summed E-state index contributed by atoms with van der Waals surface area (Å²) in [6, 6.07) is 11.0. The lowest BCUT2D eigenvalue weighted by Gasteiger charge is -2.38. The van der Waals surface area contributed by atoms with Crippen molar-refractivity contribution < 1.29 is 18.4 Å². The van der Waals surface area contributed by atoms with Crippen molar-refractivity contribution in [1.82, 2.24) is 4.90 Å². The maximum absolute atomic E-state index is 14.3. The Bertz CT molecular complexity index is 810. The standard InChI is InChI=1S/C19H18F2N2O2/c1-23-17(24)10-9-15(18(23)14-7-2-3-8-16(14)21)19(25)22-13-6-4-5-12(20)11-13/h2-8,11,15,18H,9-10H2,1H3,(H,22,25)/t15-,18+/m1/s1. The zero-order valence-corrected chi connectivity index (χ0v) is 13.7. The Morgan fingerprint density at radius 2 is 1.92 bits per heavy atom. The molecule has 2 aromatic rings. The van der Waals surface area contributed by atoms with Crippen molar-refractivity contribution in [2.45, 2.75) is 18.9 Å². The fourth-order valence-electron chi connectivity index (χ4n) is 3.25. The molecule has 1 saturated heterocycles. The maximum atomic E-state index is 14.3. The van der Waals surface area contributed by atoms with Crippen LogP contribution in [0.1, 0.15) is 24.4 Å². The van der Waals surface area contributed by atoms with Gasteiger partial charge in [0.1, 0.15) is 11.6 Å². The van der Waals surface area contributed by atoms with Crippen LogP contribution >= 0.6 is 0 Å². The van der Waals surface area contributed by atoms with Crippen LogP contribution in [0.15, 0.2) is 48.5 Å². The van der Waals surface area contributed by atoms with Crippen molar-refractivity contribution >= 4 is 17.5 Å². The van der Waals surface area contributed by atoms with Gasteiger partial charge in [-0.25, -0.2) is 8.78 Å². The fourth-order valence-corrected chi connectivity index (χ4v) is 3.25. The summed E-state index contributed by atoms with van der Waals surface area (Å²) in [5, 5.41) is 2.67. The van der Waals surface area contributed by atoms with Gasteiger partial charge in [0.15, 0.2) is 0 Å². The summed E-state index contributed by atoms with van der Waals surface area (Å²) < 4.78 is 27.6. The molecule has 1 aliphatic rings. The normalized spacial score (nSPS) is 20.4. The molecule has 0 saturated carbocycles. The van der Waals surface area contributed by atoms with E-state index >= 15 is 0 Å². The van der Waals surface area contributed by atoms with Gasteiger partial charge in [-0.15, -0.1) is 0 Å². The second kappa shape index (κ2) is 7.01. The van der Waals surface area contributed by atoms with Crippen LogP contribution in [0.3, 0.4) is 0 Å². The van der Waals surface area contributed by atoms with Crippen molar-refractivity contribution in [3.63, 3.8) is 0 Å². The molecule has 25 heavy (non-hydrogen) atoms. The van der Waals surface area contributed by atoms with E-state index in [0.717, 1.165) is 0 Å². The van der Waals surface area contributed by atoms with Gasteiger partial charge in [0, 0.05) is 24.7 Å². The molecule has 0 bridgehead atoms. The zero-order chi connectivity index (χ0) is 18.0. The Labute approximate surface area is 144 Å². The highest BCUT2D eigenvalue weighted by molar-refractivity contribution is 5.94. The number of hydrogen-bond acceptors (Lipinski definition) is 2. The first-order chi connectivity index (χ1) is 12.0. The number of nitrogens with zero attached hydrogens (tertiary/aromatic N) is 1. The van der Waals surface area contributed by atoms with Crippen LogP contribution in [0.4, 0.5) is 14.5 Å². The number of anilines is 1. The van der Waals surface area contributed by atoms with Crippen molar-refractivity contribution in [3.8, 4) is 0 Å². The van der Waals surface area contributed by atoms with Gasteiger partial charge >= 0.3 is 0 Å². The molecular formula is C19H18F2N2O2. The van der Waals surface area contributed by atoms with Crippen LogP contribution in [0.25, 0.3) is 0 Å². The van der Waals surface area contributed by atoms with E-state index in [9.17, 15) is 18.4 Å². The minimum atomic E-state index is -0.698. The molecule has 130 valence electrons. The Hall–Kier alpha value is -2.76. The number of amides is 2. The topological polar surface area (TPSA) is 49.4 Å². The summed E-state index contributed by atoms with van der Waals surface area (Å²) in [6.07, 6.45) is 0.520. The average Bonchev–Trinajstić information content (AvgIpc) is 2.58. The lowest BCUT2D eigenvalue weighted by Crippen LogP contribution is -2.44. The van der Waals surface area contributed by atoms with Gasteiger partial charge in [-0.1, -0.05) is 24.3 Å². The van der Waals surface area contributed by atoms with Crippen LogP contribution in [-0.4, -0.2) is 23.8 Å². The van der Waals surface area contributed by atoms with Gasteiger partial charge < -0.3 is 10.2 Å². The maximum Gasteiger partial charge on any atom is 0.229 e. The lowest BCUT2D eigenvalue weighted by molar-refractivity contribution is -0.140. The third-order valence-corrected chi connectivity index (χ3v) is 4.51. The summed E-state index contributed by atoms with van der Waals surface area (Å²) in [5.74, 6) is -2.04. The predicted molar refractivity (Wildman–Crippen MR) is 89.7 cm³/mol. The van der Waals surface area contributed by atoms with Crippen molar-refractivity contribution in [2.24, 2.45) is 5.92 Å². The third kappa shape index (κ3) is 3.52. The van der Waals surface area contributed by atoms with Crippen LogP contribution in [-0.2, 0) is 9.59 Å². The van der Waals surface area contributed by atoms with E-state index in [1.807, 2.05) is 0 Å². The van der Waals surface area contributed by atoms with Crippen LogP contribution < -0.4 is 5.32 Å². The first-order valence-electron chi connectivity index (χ1n) is 8.04. The predicted octanol–water partition coefficient (Wildman–Crippen LogP) is 3.51. The summed E-state index contributed by atoms with van der Waals surface area (Å²) in [6.45, 7) is 0. The van der Waals surface area contributed by atoms with Crippen molar-refractivity contribution in [3.05, 3.63) is 65.7 Å². The first-order valence-corrected chi connectivity index (χ1v) is 8.04. The molecule has 1 fully saturated rings. The summed E-state index contributed by atoms with van der Waals surface area (Å²) in [7, 11) is 1.57. The second-order valence-electron chi connectivity index (χ2n) is 6.12. The van der Waals surface area contributed by atoms with Gasteiger partial charge in [-0.3, -0.25) is 9.59 Å². The first kappa shape index (κ1) is 17.1. The molecule has 1 heterocycles. The number of likely N-dealkylation sites (tertiary alicyclic amines) is 1. The smallest absolute Gasteiger partial charge is 0.229 e. The molecule has 2 amide bonds. The van der Waals surface area contributed by atoms with Crippen molar-refractivity contribution in [1.29, 1.82) is 0 Å². The minimum absolute atomic E-state index is 0.136. The quantitative estimate of drug-likeness (QED) is 0.926. The molecule has 0 spiro atoms. The molecule has 6 heteroatoms.